The summed E-state index contributed by atoms with van der Waals surface area (Å²) >= 11 is 0. The monoisotopic (exact) mass is 276 g/mol. The summed E-state index contributed by atoms with van der Waals surface area (Å²) in [7, 11) is -3.02. The highest BCUT2D eigenvalue weighted by molar-refractivity contribution is 7.89. The Bertz CT molecular complexity index is 358. The first-order chi connectivity index (χ1) is 8.13. The molecule has 0 saturated carbocycles. The molecule has 108 valence electrons. The van der Waals surface area contributed by atoms with Crippen molar-refractivity contribution in [3.8, 4) is 0 Å². The van der Waals surface area contributed by atoms with E-state index in [0.29, 0.717) is 24.9 Å². The highest BCUT2D eigenvalue weighted by Gasteiger charge is 2.32. The van der Waals surface area contributed by atoms with E-state index in [1.54, 1.807) is 4.31 Å². The lowest BCUT2D eigenvalue weighted by Gasteiger charge is -2.38. The van der Waals surface area contributed by atoms with E-state index in [9.17, 15) is 8.42 Å². The van der Waals surface area contributed by atoms with E-state index in [1.807, 2.05) is 0 Å². The maximum absolute atomic E-state index is 12.0. The molecule has 0 aromatic heterocycles. The Morgan fingerprint density at radius 3 is 2.28 bits per heavy atom. The molecular formula is C13H28N2O2S. The van der Waals surface area contributed by atoms with Crippen LogP contribution >= 0.6 is 0 Å². The van der Waals surface area contributed by atoms with Crippen molar-refractivity contribution in [1.82, 2.24) is 9.62 Å². The average Bonchev–Trinajstić information content (AvgIpc) is 2.17. The van der Waals surface area contributed by atoms with Crippen LogP contribution in [-0.2, 0) is 10.0 Å². The molecule has 1 fully saturated rings. The smallest absolute Gasteiger partial charge is 0.214 e. The predicted molar refractivity (Wildman–Crippen MR) is 76.1 cm³/mol. The Morgan fingerprint density at radius 1 is 1.22 bits per heavy atom. The molecule has 1 rings (SSSR count). The van der Waals surface area contributed by atoms with Gasteiger partial charge in [-0.25, -0.2) is 12.7 Å². The Kier molecular flexibility index (Phi) is 5.21. The van der Waals surface area contributed by atoms with Crippen LogP contribution in [0, 0.1) is 5.41 Å². The number of hydrogen-bond acceptors (Lipinski definition) is 3. The van der Waals surface area contributed by atoms with E-state index < -0.39 is 10.0 Å². The van der Waals surface area contributed by atoms with Gasteiger partial charge < -0.3 is 5.32 Å². The van der Waals surface area contributed by atoms with Crippen LogP contribution in [-0.4, -0.2) is 43.6 Å². The van der Waals surface area contributed by atoms with Crippen LogP contribution in [0.3, 0.4) is 0 Å². The molecule has 0 aliphatic carbocycles. The van der Waals surface area contributed by atoms with Crippen molar-refractivity contribution in [1.29, 1.82) is 0 Å². The van der Waals surface area contributed by atoms with Gasteiger partial charge in [0.15, 0.2) is 0 Å². The molecule has 1 aliphatic heterocycles. The Labute approximate surface area is 112 Å². The van der Waals surface area contributed by atoms with Crippen LogP contribution in [0.15, 0.2) is 0 Å². The molecule has 1 heterocycles. The summed E-state index contributed by atoms with van der Waals surface area (Å²) in [5.41, 5.74) is 0.0528. The highest BCUT2D eigenvalue weighted by Crippen LogP contribution is 2.23. The second-order valence-corrected chi connectivity index (χ2v) is 8.71. The molecule has 0 radical (unpaired) electrons. The molecule has 18 heavy (non-hydrogen) atoms. The Morgan fingerprint density at radius 2 is 1.83 bits per heavy atom. The Balaban J connectivity index is 2.76. The SMILES string of the molecule is CC(C)N[C@H](CN1CCCCS1(=O)=O)C(C)(C)C. The predicted octanol–water partition coefficient (Wildman–Crippen LogP) is 1.82. The molecule has 0 bridgehead atoms. The van der Waals surface area contributed by atoms with Gasteiger partial charge in [0.25, 0.3) is 0 Å². The summed E-state index contributed by atoms with van der Waals surface area (Å²) in [5, 5.41) is 3.50. The van der Waals surface area contributed by atoms with Crippen LogP contribution in [0.2, 0.25) is 0 Å². The summed E-state index contributed by atoms with van der Waals surface area (Å²) in [4.78, 5) is 0. The van der Waals surface area contributed by atoms with E-state index in [4.69, 9.17) is 0 Å². The average molecular weight is 276 g/mol. The third kappa shape index (κ3) is 4.52. The molecule has 1 saturated heterocycles. The summed E-state index contributed by atoms with van der Waals surface area (Å²) in [5.74, 6) is 0.311. The van der Waals surface area contributed by atoms with Gasteiger partial charge in [-0.2, -0.15) is 0 Å². The second kappa shape index (κ2) is 5.88. The van der Waals surface area contributed by atoms with Gasteiger partial charge in [-0.05, 0) is 18.3 Å². The van der Waals surface area contributed by atoms with Gasteiger partial charge in [-0.15, -0.1) is 0 Å². The molecule has 0 spiro atoms. The van der Waals surface area contributed by atoms with Gasteiger partial charge >= 0.3 is 0 Å². The van der Waals surface area contributed by atoms with E-state index in [1.165, 1.54) is 0 Å². The van der Waals surface area contributed by atoms with E-state index in [2.05, 4.69) is 39.9 Å². The summed E-state index contributed by atoms with van der Waals surface area (Å²) in [6.07, 6.45) is 1.79. The quantitative estimate of drug-likeness (QED) is 0.852. The maximum Gasteiger partial charge on any atom is 0.214 e. The third-order valence-electron chi connectivity index (χ3n) is 3.42. The number of rotatable bonds is 4. The standard InChI is InChI=1S/C13H28N2O2S/c1-11(2)14-12(13(3,4)5)10-15-8-6-7-9-18(15,16)17/h11-12,14H,6-10H2,1-5H3/t12-/m1/s1. The lowest BCUT2D eigenvalue weighted by atomic mass is 9.86. The first-order valence-electron chi connectivity index (χ1n) is 6.87. The van der Waals surface area contributed by atoms with Crippen molar-refractivity contribution in [3.63, 3.8) is 0 Å². The number of sulfonamides is 1. The normalized spacial score (nSPS) is 23.2. The molecular weight excluding hydrogens is 248 g/mol. The van der Waals surface area contributed by atoms with Crippen molar-refractivity contribution >= 4 is 10.0 Å². The molecule has 0 aromatic rings. The van der Waals surface area contributed by atoms with Crippen molar-refractivity contribution in [2.45, 2.75) is 59.5 Å². The van der Waals surface area contributed by atoms with Crippen molar-refractivity contribution < 1.29 is 8.42 Å². The second-order valence-electron chi connectivity index (χ2n) is 6.62. The first kappa shape index (κ1) is 15.9. The first-order valence-corrected chi connectivity index (χ1v) is 8.48. The number of nitrogens with one attached hydrogen (secondary N) is 1. The van der Waals surface area contributed by atoms with Gasteiger partial charge in [0.1, 0.15) is 0 Å². The summed E-state index contributed by atoms with van der Waals surface area (Å²) in [6, 6.07) is 0.548. The topological polar surface area (TPSA) is 49.4 Å². The fourth-order valence-electron chi connectivity index (χ4n) is 2.23. The molecule has 1 atom stereocenters. The third-order valence-corrected chi connectivity index (χ3v) is 5.34. The lowest BCUT2D eigenvalue weighted by Crippen LogP contribution is -2.53. The zero-order chi connectivity index (χ0) is 14.0. The summed E-state index contributed by atoms with van der Waals surface area (Å²) < 4.78 is 25.7. The number of nitrogens with zero attached hydrogens (tertiary/aromatic N) is 1. The summed E-state index contributed by atoms with van der Waals surface area (Å²) in [6.45, 7) is 11.9. The lowest BCUT2D eigenvalue weighted by molar-refractivity contribution is 0.209. The molecule has 0 amide bonds. The van der Waals surface area contributed by atoms with Crippen LogP contribution in [0.4, 0.5) is 0 Å². The maximum atomic E-state index is 12.0. The van der Waals surface area contributed by atoms with Crippen molar-refractivity contribution in [2.75, 3.05) is 18.8 Å². The molecule has 1 N–H and O–H groups in total. The molecule has 0 aromatic carbocycles. The van der Waals surface area contributed by atoms with Crippen LogP contribution in [0.5, 0.6) is 0 Å². The van der Waals surface area contributed by atoms with E-state index in [0.717, 1.165) is 12.8 Å². The van der Waals surface area contributed by atoms with Gasteiger partial charge in [0.2, 0.25) is 10.0 Å². The largest absolute Gasteiger partial charge is 0.310 e. The fraction of sp³-hybridized carbons (Fsp3) is 1.00. The van der Waals surface area contributed by atoms with Crippen molar-refractivity contribution in [2.24, 2.45) is 5.41 Å². The van der Waals surface area contributed by atoms with Gasteiger partial charge in [0, 0.05) is 25.2 Å². The van der Waals surface area contributed by atoms with Crippen LogP contribution < -0.4 is 5.32 Å². The van der Waals surface area contributed by atoms with E-state index >= 15 is 0 Å². The fourth-order valence-corrected chi connectivity index (χ4v) is 3.84. The Hall–Kier alpha value is -0.130. The molecule has 1 aliphatic rings. The minimum Gasteiger partial charge on any atom is -0.310 e. The zero-order valence-corrected chi connectivity index (χ0v) is 13.2. The van der Waals surface area contributed by atoms with Gasteiger partial charge in [-0.3, -0.25) is 0 Å². The van der Waals surface area contributed by atoms with Crippen molar-refractivity contribution in [3.05, 3.63) is 0 Å². The minimum absolute atomic E-state index is 0.0528. The minimum atomic E-state index is -3.02. The highest BCUT2D eigenvalue weighted by atomic mass is 32.2. The van der Waals surface area contributed by atoms with Crippen LogP contribution in [0.25, 0.3) is 0 Å². The molecule has 5 heteroatoms. The van der Waals surface area contributed by atoms with Crippen LogP contribution in [0.1, 0.15) is 47.5 Å². The number of hydrogen-bond donors (Lipinski definition) is 1. The van der Waals surface area contributed by atoms with Gasteiger partial charge in [-0.1, -0.05) is 34.6 Å². The van der Waals surface area contributed by atoms with E-state index in [-0.39, 0.29) is 11.5 Å². The molecule has 0 unspecified atom stereocenters. The molecule has 4 nitrogen and oxygen atoms in total. The zero-order valence-electron chi connectivity index (χ0n) is 12.4. The van der Waals surface area contributed by atoms with Gasteiger partial charge in [0.05, 0.1) is 5.75 Å².